The molecule has 0 aromatic heterocycles. The molecule has 0 unspecified atom stereocenters. The number of nitrogens with one attached hydrogen (secondary N) is 1. The lowest BCUT2D eigenvalue weighted by Crippen LogP contribution is -2.11. The number of fused-ring (bicyclic) bond motifs is 1. The third-order valence-electron chi connectivity index (χ3n) is 4.28. The summed E-state index contributed by atoms with van der Waals surface area (Å²) in [6, 6.07) is 19.5. The largest absolute Gasteiger partial charge is 0.340 e. The molecule has 0 amide bonds. The van der Waals surface area contributed by atoms with Gasteiger partial charge in [-0.3, -0.25) is 20.2 Å². The quantitative estimate of drug-likeness (QED) is 0.523. The highest BCUT2D eigenvalue weighted by molar-refractivity contribution is 6.26. The van der Waals surface area contributed by atoms with Crippen LogP contribution in [0.4, 0.5) is 22.7 Å². The normalized spacial score (nSPS) is 13.7. The number of nitro benzene ring substituents is 2. The number of hydrogen-bond donors (Lipinski definition) is 1. The molecule has 0 bridgehead atoms. The van der Waals surface area contributed by atoms with Crippen LogP contribution in [0, 0.1) is 20.2 Å². The molecule has 0 atom stereocenters. The number of hydrogen-bond acceptors (Lipinski definition) is 6. The van der Waals surface area contributed by atoms with Crippen molar-refractivity contribution >= 4 is 34.4 Å². The number of amidine groups is 2. The van der Waals surface area contributed by atoms with Crippen molar-refractivity contribution in [2.75, 3.05) is 5.32 Å². The van der Waals surface area contributed by atoms with Crippen molar-refractivity contribution in [2.45, 2.75) is 0 Å². The highest BCUT2D eigenvalue weighted by Crippen LogP contribution is 2.25. The summed E-state index contributed by atoms with van der Waals surface area (Å²) in [7, 11) is 0. The van der Waals surface area contributed by atoms with Gasteiger partial charge >= 0.3 is 0 Å². The zero-order valence-electron chi connectivity index (χ0n) is 14.9. The van der Waals surface area contributed by atoms with Crippen molar-refractivity contribution in [2.24, 2.45) is 9.98 Å². The number of rotatable bonds is 4. The summed E-state index contributed by atoms with van der Waals surface area (Å²) < 4.78 is 0. The van der Waals surface area contributed by atoms with Gasteiger partial charge in [0.2, 0.25) is 0 Å². The smallest absolute Gasteiger partial charge is 0.269 e. The van der Waals surface area contributed by atoms with Gasteiger partial charge in [0.15, 0.2) is 5.84 Å². The summed E-state index contributed by atoms with van der Waals surface area (Å²) in [5.74, 6) is 1.04. The first-order chi connectivity index (χ1) is 14.0. The van der Waals surface area contributed by atoms with Crippen LogP contribution in [0.5, 0.6) is 0 Å². The minimum Gasteiger partial charge on any atom is -0.340 e. The summed E-state index contributed by atoms with van der Waals surface area (Å²) >= 11 is 0. The monoisotopic (exact) mass is 387 g/mol. The Balaban J connectivity index is 1.66. The molecule has 0 saturated carbocycles. The molecule has 0 aliphatic carbocycles. The topological polar surface area (TPSA) is 123 Å². The summed E-state index contributed by atoms with van der Waals surface area (Å²) in [6.07, 6.45) is 0. The first-order valence-electron chi connectivity index (χ1n) is 8.54. The van der Waals surface area contributed by atoms with E-state index < -0.39 is 9.85 Å². The van der Waals surface area contributed by atoms with E-state index in [1.807, 2.05) is 24.3 Å². The van der Waals surface area contributed by atoms with Crippen LogP contribution < -0.4 is 5.32 Å². The van der Waals surface area contributed by atoms with Crippen molar-refractivity contribution < 1.29 is 9.85 Å². The van der Waals surface area contributed by atoms with Crippen LogP contribution >= 0.6 is 0 Å². The van der Waals surface area contributed by atoms with Gasteiger partial charge in [-0.25, -0.2) is 9.98 Å². The van der Waals surface area contributed by atoms with E-state index in [0.29, 0.717) is 23.0 Å². The average molecular weight is 387 g/mol. The van der Waals surface area contributed by atoms with Gasteiger partial charge in [-0.1, -0.05) is 24.3 Å². The molecule has 29 heavy (non-hydrogen) atoms. The van der Waals surface area contributed by atoms with Crippen molar-refractivity contribution in [3.05, 3.63) is 104 Å². The molecule has 142 valence electrons. The van der Waals surface area contributed by atoms with E-state index in [1.54, 1.807) is 24.3 Å². The number of benzene rings is 3. The Bertz CT molecular complexity index is 1170. The molecule has 1 aliphatic rings. The fourth-order valence-electron chi connectivity index (χ4n) is 2.87. The first kappa shape index (κ1) is 18.0. The molecule has 3 aromatic rings. The molecular weight excluding hydrogens is 374 g/mol. The molecule has 0 saturated heterocycles. The number of aliphatic imine (C=N–C) groups is 2. The Morgan fingerprint density at radius 3 is 1.90 bits per heavy atom. The van der Waals surface area contributed by atoms with Gasteiger partial charge in [0.05, 0.1) is 15.5 Å². The van der Waals surface area contributed by atoms with E-state index in [9.17, 15) is 20.2 Å². The van der Waals surface area contributed by atoms with E-state index in [4.69, 9.17) is 0 Å². The van der Waals surface area contributed by atoms with E-state index >= 15 is 0 Å². The Morgan fingerprint density at radius 2 is 1.31 bits per heavy atom. The van der Waals surface area contributed by atoms with E-state index in [1.165, 1.54) is 24.3 Å². The minimum absolute atomic E-state index is 0.00438. The summed E-state index contributed by atoms with van der Waals surface area (Å²) in [4.78, 5) is 29.7. The maximum absolute atomic E-state index is 10.8. The summed E-state index contributed by atoms with van der Waals surface area (Å²) in [6.45, 7) is 0. The van der Waals surface area contributed by atoms with Gasteiger partial charge < -0.3 is 5.32 Å². The fourth-order valence-corrected chi connectivity index (χ4v) is 2.87. The number of nitro groups is 2. The zero-order valence-corrected chi connectivity index (χ0v) is 14.9. The molecule has 0 spiro atoms. The summed E-state index contributed by atoms with van der Waals surface area (Å²) in [5.41, 5.74) is 2.85. The van der Waals surface area contributed by atoms with E-state index in [-0.39, 0.29) is 11.4 Å². The fraction of sp³-hybridized carbons (Fsp3) is 0. The number of non-ortho nitro benzene ring substituents is 2. The lowest BCUT2D eigenvalue weighted by Gasteiger charge is -2.06. The lowest BCUT2D eigenvalue weighted by molar-refractivity contribution is -0.385. The number of anilines is 1. The lowest BCUT2D eigenvalue weighted by atomic mass is 10.1. The van der Waals surface area contributed by atoms with Crippen molar-refractivity contribution in [3.63, 3.8) is 0 Å². The molecule has 9 nitrogen and oxygen atoms in total. The first-order valence-corrected chi connectivity index (χ1v) is 8.54. The zero-order chi connectivity index (χ0) is 20.4. The number of nitrogens with zero attached hydrogens (tertiary/aromatic N) is 4. The Kier molecular flexibility index (Phi) is 4.54. The molecule has 1 heterocycles. The molecule has 0 fully saturated rings. The van der Waals surface area contributed by atoms with Gasteiger partial charge in [-0.2, -0.15) is 0 Å². The van der Waals surface area contributed by atoms with Crippen LogP contribution in [-0.2, 0) is 0 Å². The van der Waals surface area contributed by atoms with Crippen LogP contribution in [0.25, 0.3) is 0 Å². The maximum atomic E-state index is 10.8. The van der Waals surface area contributed by atoms with E-state index in [0.717, 1.165) is 11.1 Å². The van der Waals surface area contributed by atoms with Crippen LogP contribution in [0.15, 0.2) is 82.8 Å². The SMILES string of the molecule is O=[N+]([O-])c1ccc(N=C2N=C(Nc3ccc([N+](=O)[O-])cc3)c3ccccc32)cc1. The van der Waals surface area contributed by atoms with Crippen molar-refractivity contribution in [3.8, 4) is 0 Å². The predicted molar refractivity (Wildman–Crippen MR) is 109 cm³/mol. The highest BCUT2D eigenvalue weighted by atomic mass is 16.6. The van der Waals surface area contributed by atoms with Gasteiger partial charge in [0.1, 0.15) is 5.84 Å². The van der Waals surface area contributed by atoms with Crippen molar-refractivity contribution in [1.29, 1.82) is 0 Å². The van der Waals surface area contributed by atoms with E-state index in [2.05, 4.69) is 15.3 Å². The van der Waals surface area contributed by atoms with Crippen LogP contribution in [0.3, 0.4) is 0 Å². The van der Waals surface area contributed by atoms with Crippen LogP contribution in [-0.4, -0.2) is 21.5 Å². The third-order valence-corrected chi connectivity index (χ3v) is 4.28. The van der Waals surface area contributed by atoms with Gasteiger partial charge in [0, 0.05) is 41.1 Å². The molecule has 1 N–H and O–H groups in total. The molecule has 3 aromatic carbocycles. The molecule has 0 radical (unpaired) electrons. The maximum Gasteiger partial charge on any atom is 0.269 e. The molecular formula is C20H13N5O4. The van der Waals surface area contributed by atoms with Crippen LogP contribution in [0.1, 0.15) is 11.1 Å². The predicted octanol–water partition coefficient (Wildman–Crippen LogP) is 4.45. The van der Waals surface area contributed by atoms with Crippen LogP contribution in [0.2, 0.25) is 0 Å². The minimum atomic E-state index is -0.466. The molecule has 9 heteroatoms. The summed E-state index contributed by atoms with van der Waals surface area (Å²) in [5, 5.41) is 24.8. The van der Waals surface area contributed by atoms with Gasteiger partial charge in [-0.05, 0) is 24.3 Å². The second-order valence-corrected chi connectivity index (χ2v) is 6.14. The Morgan fingerprint density at radius 1 is 0.759 bits per heavy atom. The Labute approximate surface area is 164 Å². The average Bonchev–Trinajstić information content (AvgIpc) is 3.06. The second-order valence-electron chi connectivity index (χ2n) is 6.14. The Hall–Kier alpha value is -4.40. The van der Waals surface area contributed by atoms with Gasteiger partial charge in [-0.15, -0.1) is 0 Å². The third kappa shape index (κ3) is 3.69. The van der Waals surface area contributed by atoms with Gasteiger partial charge in [0.25, 0.3) is 11.4 Å². The highest BCUT2D eigenvalue weighted by Gasteiger charge is 2.21. The van der Waals surface area contributed by atoms with Crippen molar-refractivity contribution in [1.82, 2.24) is 0 Å². The standard InChI is InChI=1S/C20H13N5O4/c26-24(27)15-9-5-13(6-10-15)21-19-17-3-1-2-4-18(17)20(23-19)22-14-7-11-16(12-8-14)25(28)29/h1-12H,(H,21,22,23). The second kappa shape index (κ2) is 7.31. The molecule has 4 rings (SSSR count). The molecule has 1 aliphatic heterocycles.